The number of rotatable bonds is 7. The average Bonchev–Trinajstić information content (AvgIpc) is 2.93. The Bertz CT molecular complexity index is 2330. The van der Waals surface area contributed by atoms with Crippen LogP contribution in [-0.2, 0) is 30.4 Å². The van der Waals surface area contributed by atoms with E-state index in [9.17, 15) is 43.7 Å². The summed E-state index contributed by atoms with van der Waals surface area (Å²) in [5.41, 5.74) is -0.0962. The van der Waals surface area contributed by atoms with Crippen molar-refractivity contribution in [3.05, 3.63) is 75.1 Å². The summed E-state index contributed by atoms with van der Waals surface area (Å²) in [6, 6.07) is 9.58. The minimum atomic E-state index is -5.10. The zero-order valence-electron chi connectivity index (χ0n) is 22.2. The Morgan fingerprint density at radius 1 is 0.822 bits per heavy atom. The molecular weight excluding hydrogens is 699 g/mol. The molecule has 0 amide bonds. The van der Waals surface area contributed by atoms with E-state index >= 15 is 0 Å². The van der Waals surface area contributed by atoms with Gasteiger partial charge in [-0.25, -0.2) is 0 Å². The maximum atomic E-state index is 13.5. The van der Waals surface area contributed by atoms with Crippen LogP contribution in [0.4, 0.5) is 17.3 Å². The number of Topliss-reactive ketones (excluding diaryl/α,β-unsaturated/α-hetero) is 1. The highest BCUT2D eigenvalue weighted by Crippen LogP contribution is 2.33. The number of benzene rings is 3. The molecule has 1 aliphatic carbocycles. The number of anilines is 2. The van der Waals surface area contributed by atoms with Crippen LogP contribution in [0.5, 0.6) is 0 Å². The van der Waals surface area contributed by atoms with Gasteiger partial charge < -0.3 is 4.90 Å². The first kappa shape index (κ1) is 32.5. The molecule has 0 spiro atoms. The van der Waals surface area contributed by atoms with Gasteiger partial charge in [0.1, 0.15) is 9.80 Å². The van der Waals surface area contributed by atoms with E-state index in [1.807, 2.05) is 0 Å². The van der Waals surface area contributed by atoms with Crippen molar-refractivity contribution in [1.29, 1.82) is 0 Å². The molecule has 0 aliphatic heterocycles. The van der Waals surface area contributed by atoms with Crippen LogP contribution in [-0.4, -0.2) is 72.4 Å². The molecule has 16 nitrogen and oxygen atoms in total. The molecule has 21 heteroatoms. The first-order chi connectivity index (χ1) is 20.9. The van der Waals surface area contributed by atoms with E-state index < -0.39 is 56.5 Å². The summed E-state index contributed by atoms with van der Waals surface area (Å²) in [6.45, 7) is 0. The van der Waals surface area contributed by atoms with Crippen LogP contribution in [0.25, 0.3) is 16.8 Å². The van der Waals surface area contributed by atoms with Crippen molar-refractivity contribution in [2.75, 3.05) is 11.9 Å². The smallest absolute Gasteiger partial charge is 0.301 e. The van der Waals surface area contributed by atoms with Gasteiger partial charge in [0.15, 0.2) is 16.3 Å². The predicted octanol–water partition coefficient (Wildman–Crippen LogP) is 2.27. The van der Waals surface area contributed by atoms with Crippen molar-refractivity contribution in [2.24, 2.45) is 5.10 Å². The summed E-state index contributed by atoms with van der Waals surface area (Å²) >= 11 is 11.7. The number of halogens is 2. The van der Waals surface area contributed by atoms with Gasteiger partial charge in [0.05, 0.1) is 0 Å². The van der Waals surface area contributed by atoms with E-state index in [0.717, 1.165) is 41.8 Å². The normalized spacial score (nSPS) is 14.8. The molecule has 0 radical (unpaired) electrons. The molecule has 234 valence electrons. The van der Waals surface area contributed by atoms with Crippen LogP contribution in [0.3, 0.4) is 0 Å². The van der Waals surface area contributed by atoms with Gasteiger partial charge in [-0.15, -0.1) is 0 Å². The molecule has 1 aliphatic rings. The number of hydrogen-bond acceptors (Lipinski definition) is 12. The van der Waals surface area contributed by atoms with Crippen LogP contribution >= 0.6 is 23.2 Å². The quantitative estimate of drug-likeness (QED) is 0.0927. The Morgan fingerprint density at radius 3 is 2.09 bits per heavy atom. The van der Waals surface area contributed by atoms with E-state index in [1.165, 1.54) is 30.1 Å². The van der Waals surface area contributed by atoms with Crippen molar-refractivity contribution in [3.8, 4) is 0 Å². The summed E-state index contributed by atoms with van der Waals surface area (Å²) in [7, 11) is -13.5. The number of carbonyl (C=O) groups excluding carboxylic acids is 1. The highest BCUT2D eigenvalue weighted by Gasteiger charge is 2.35. The molecule has 1 heterocycles. The van der Waals surface area contributed by atoms with Crippen LogP contribution in [0, 0.1) is 0 Å². The monoisotopic (exact) mass is 715 g/mol. The molecule has 0 unspecified atom stereocenters. The molecule has 3 aromatic carbocycles. The molecule has 5 N–H and O–H groups in total. The fourth-order valence-corrected chi connectivity index (χ4v) is 7.10. The van der Waals surface area contributed by atoms with Crippen molar-refractivity contribution in [1.82, 2.24) is 15.0 Å². The summed E-state index contributed by atoms with van der Waals surface area (Å²) < 4.78 is 103. The van der Waals surface area contributed by atoms with Crippen molar-refractivity contribution < 1.29 is 49.1 Å². The second-order valence-corrected chi connectivity index (χ2v) is 14.0. The molecule has 0 atom stereocenters. The van der Waals surface area contributed by atoms with E-state index in [0.29, 0.717) is 5.69 Å². The fourth-order valence-electron chi connectivity index (χ4n) is 4.50. The van der Waals surface area contributed by atoms with Crippen LogP contribution < -0.4 is 10.3 Å². The van der Waals surface area contributed by atoms with E-state index in [4.69, 9.17) is 23.2 Å². The maximum Gasteiger partial charge on any atom is 0.301 e. The SMILES string of the molecule is CN(c1ccc2c(c1)C=C(S(=O)(=O)O)C(=N[NH2+]c1ccc3c(S(=O)(=O)O)cccc3c1S(=O)(=O)O)C2=O)c1nc(Cl)nc(Cl)n1. The Balaban J connectivity index is 1.62. The number of quaternary nitrogens is 1. The number of allylic oxidation sites excluding steroid dienone is 1. The molecule has 0 bridgehead atoms. The Kier molecular flexibility index (Phi) is 8.27. The lowest BCUT2D eigenvalue weighted by molar-refractivity contribution is -0.579. The Hall–Kier alpha value is -3.92. The number of fused-ring (bicyclic) bond motifs is 2. The molecule has 0 saturated heterocycles. The molecule has 1 aromatic heterocycles. The van der Waals surface area contributed by atoms with Crippen molar-refractivity contribution in [3.63, 3.8) is 0 Å². The van der Waals surface area contributed by atoms with E-state index in [2.05, 4.69) is 20.1 Å². The predicted molar refractivity (Wildman–Crippen MR) is 161 cm³/mol. The minimum Gasteiger partial charge on any atom is -0.313 e. The summed E-state index contributed by atoms with van der Waals surface area (Å²) in [4.78, 5) is 24.0. The molecule has 5 rings (SSSR count). The van der Waals surface area contributed by atoms with Gasteiger partial charge in [-0.05, 0) is 65.2 Å². The molecule has 4 aromatic rings. The number of ketones is 1. The van der Waals surface area contributed by atoms with Crippen LogP contribution in [0.15, 0.2) is 68.3 Å². The number of carbonyl (C=O) groups is 1. The summed E-state index contributed by atoms with van der Waals surface area (Å²) in [6.07, 6.45) is 0.964. The van der Waals surface area contributed by atoms with Gasteiger partial charge in [0, 0.05) is 35.1 Å². The van der Waals surface area contributed by atoms with Gasteiger partial charge in [0.2, 0.25) is 22.3 Å². The number of hydrogen-bond donors (Lipinski definition) is 4. The number of nitrogens with zero attached hydrogens (tertiary/aromatic N) is 5. The van der Waals surface area contributed by atoms with Gasteiger partial charge in [-0.3, -0.25) is 18.5 Å². The zero-order chi connectivity index (χ0) is 33.1. The lowest BCUT2D eigenvalue weighted by Crippen LogP contribution is -2.72. The molecule has 0 fully saturated rings. The number of nitrogens with two attached hydrogens (primary N) is 1. The first-order valence-electron chi connectivity index (χ1n) is 12.0. The standard InChI is InChI=1S/C24H16Cl2N6O10S3/c1-32(24-28-22(25)27-23(26)29-24)12-5-6-13-11(9-12)10-18(44(37,38)39)19(20(13)33)31-30-16-8-7-14-15(21(16)45(40,41)42)3-2-4-17(14)43(34,35)36/h2-10,30H,1H3,(H,34,35,36)(H,37,38,39)(H,40,41,42)/p+1. The Morgan fingerprint density at radius 2 is 1.49 bits per heavy atom. The minimum absolute atomic E-state index is 0.0200. The summed E-state index contributed by atoms with van der Waals surface area (Å²) in [5, 5.41) is 2.90. The lowest BCUT2D eigenvalue weighted by atomic mass is 9.94. The molecule has 45 heavy (non-hydrogen) atoms. The lowest BCUT2D eigenvalue weighted by Gasteiger charge is -2.20. The third-order valence-corrected chi connectivity index (χ3v) is 9.51. The largest absolute Gasteiger partial charge is 0.313 e. The highest BCUT2D eigenvalue weighted by atomic mass is 35.5. The van der Waals surface area contributed by atoms with Crippen LogP contribution in [0.2, 0.25) is 10.6 Å². The van der Waals surface area contributed by atoms with Gasteiger partial charge >= 0.3 is 10.1 Å². The van der Waals surface area contributed by atoms with Gasteiger partial charge in [0.25, 0.3) is 20.2 Å². The second kappa shape index (κ2) is 11.5. The van der Waals surface area contributed by atoms with Gasteiger partial charge in [-0.1, -0.05) is 17.2 Å². The summed E-state index contributed by atoms with van der Waals surface area (Å²) in [5.74, 6) is -0.952. The van der Waals surface area contributed by atoms with E-state index in [-0.39, 0.29) is 44.1 Å². The van der Waals surface area contributed by atoms with Crippen LogP contribution in [0.1, 0.15) is 15.9 Å². The topological polar surface area (TPSA) is 251 Å². The highest BCUT2D eigenvalue weighted by molar-refractivity contribution is 7.91. The van der Waals surface area contributed by atoms with Gasteiger partial charge in [-0.2, -0.15) is 45.6 Å². The van der Waals surface area contributed by atoms with E-state index in [1.54, 1.807) is 0 Å². The third-order valence-electron chi connectivity index (χ3n) is 6.42. The second-order valence-electron chi connectivity index (χ2n) is 9.21. The zero-order valence-corrected chi connectivity index (χ0v) is 26.2. The average molecular weight is 717 g/mol. The van der Waals surface area contributed by atoms with Crippen molar-refractivity contribution >= 4 is 99.2 Å². The number of aromatic nitrogens is 3. The molecular formula is C24H17Cl2N6O10S3+. The molecule has 0 saturated carbocycles. The Labute approximate surface area is 264 Å². The fraction of sp³-hybridized carbons (Fsp3) is 0.0417. The third kappa shape index (κ3) is 6.43. The van der Waals surface area contributed by atoms with Crippen molar-refractivity contribution in [2.45, 2.75) is 9.79 Å². The maximum absolute atomic E-state index is 13.5. The first-order valence-corrected chi connectivity index (χ1v) is 17.0.